The van der Waals surface area contributed by atoms with Crippen LogP contribution >= 0.6 is 0 Å². The largest absolute Gasteiger partial charge is 0.508 e. The molecule has 0 atom stereocenters. The second kappa shape index (κ2) is 6.07. The van der Waals surface area contributed by atoms with Gasteiger partial charge in [0.05, 0.1) is 7.11 Å². The van der Waals surface area contributed by atoms with Crippen LogP contribution in [0.4, 0.5) is 0 Å². The van der Waals surface area contributed by atoms with E-state index >= 15 is 0 Å². The molecule has 0 spiro atoms. The molecule has 2 rings (SSSR count). The third kappa shape index (κ3) is 3.37. The Morgan fingerprint density at radius 2 is 2.11 bits per heavy atom. The van der Waals surface area contributed by atoms with Crippen molar-refractivity contribution in [2.45, 2.75) is 25.4 Å². The van der Waals surface area contributed by atoms with Gasteiger partial charge in [0, 0.05) is 18.2 Å². The van der Waals surface area contributed by atoms with Crippen LogP contribution in [0.5, 0.6) is 11.5 Å². The molecule has 4 nitrogen and oxygen atoms in total. The second-order valence-corrected chi connectivity index (χ2v) is 4.95. The van der Waals surface area contributed by atoms with E-state index < -0.39 is 0 Å². The molecule has 4 heteroatoms. The number of nitrogens with one attached hydrogen (secondary N) is 1. The van der Waals surface area contributed by atoms with Crippen LogP contribution < -0.4 is 10.1 Å². The predicted octanol–water partition coefficient (Wildman–Crippen LogP) is 1.58. The molecule has 1 aliphatic heterocycles. The van der Waals surface area contributed by atoms with Gasteiger partial charge in [0.15, 0.2) is 0 Å². The summed E-state index contributed by atoms with van der Waals surface area (Å²) in [6.45, 7) is 2.97. The Balaban J connectivity index is 1.89. The van der Waals surface area contributed by atoms with E-state index in [1.165, 1.54) is 12.8 Å². The Labute approximate surface area is 109 Å². The number of rotatable bonds is 4. The fourth-order valence-corrected chi connectivity index (χ4v) is 2.30. The van der Waals surface area contributed by atoms with Gasteiger partial charge < -0.3 is 20.1 Å². The van der Waals surface area contributed by atoms with Crippen LogP contribution in [0.3, 0.4) is 0 Å². The van der Waals surface area contributed by atoms with Crippen LogP contribution in [0.15, 0.2) is 18.2 Å². The second-order valence-electron chi connectivity index (χ2n) is 4.95. The molecule has 0 unspecified atom stereocenters. The van der Waals surface area contributed by atoms with E-state index in [-0.39, 0.29) is 0 Å². The number of phenols is 1. The summed E-state index contributed by atoms with van der Waals surface area (Å²) in [6.07, 6.45) is 2.34. The third-order valence-corrected chi connectivity index (χ3v) is 3.59. The number of piperidine rings is 1. The van der Waals surface area contributed by atoms with Gasteiger partial charge in [0.2, 0.25) is 0 Å². The van der Waals surface area contributed by atoms with Crippen LogP contribution in [0, 0.1) is 0 Å². The number of hydrogen-bond donors (Lipinski definition) is 2. The van der Waals surface area contributed by atoms with E-state index in [9.17, 15) is 5.11 Å². The lowest BCUT2D eigenvalue weighted by Crippen LogP contribution is -2.40. The molecule has 0 aliphatic carbocycles. The first-order chi connectivity index (χ1) is 8.69. The smallest absolute Gasteiger partial charge is 0.120 e. The maximum Gasteiger partial charge on any atom is 0.120 e. The summed E-state index contributed by atoms with van der Waals surface area (Å²) in [6, 6.07) is 5.89. The average molecular weight is 250 g/mol. The molecule has 1 saturated heterocycles. The number of hydrogen-bond acceptors (Lipinski definition) is 4. The molecule has 1 fully saturated rings. The minimum absolute atomic E-state index is 0.330. The fourth-order valence-electron chi connectivity index (χ4n) is 2.30. The van der Waals surface area contributed by atoms with Crippen LogP contribution in [0.2, 0.25) is 0 Å². The highest BCUT2D eigenvalue weighted by Gasteiger charge is 2.16. The molecule has 18 heavy (non-hydrogen) atoms. The van der Waals surface area contributed by atoms with Gasteiger partial charge in [-0.05, 0) is 51.2 Å². The first kappa shape index (κ1) is 13.2. The lowest BCUT2D eigenvalue weighted by molar-refractivity contribution is 0.233. The van der Waals surface area contributed by atoms with Crippen molar-refractivity contribution in [3.8, 4) is 11.5 Å². The van der Waals surface area contributed by atoms with E-state index in [2.05, 4.69) is 17.3 Å². The summed E-state index contributed by atoms with van der Waals surface area (Å²) in [5, 5.41) is 13.3. The lowest BCUT2D eigenvalue weighted by Gasteiger charge is -2.29. The Morgan fingerprint density at radius 1 is 1.39 bits per heavy atom. The van der Waals surface area contributed by atoms with Crippen LogP contribution in [-0.4, -0.2) is 43.3 Å². The molecule has 0 radical (unpaired) electrons. The molecule has 1 aliphatic rings. The molecule has 2 N–H and O–H groups in total. The normalized spacial score (nSPS) is 17.9. The van der Waals surface area contributed by atoms with Crippen molar-refractivity contribution < 1.29 is 9.84 Å². The summed E-state index contributed by atoms with van der Waals surface area (Å²) in [4.78, 5) is 2.35. The zero-order chi connectivity index (χ0) is 13.0. The molecular formula is C14H22N2O2. The first-order valence-electron chi connectivity index (χ1n) is 6.47. The third-order valence-electron chi connectivity index (χ3n) is 3.59. The molecule has 0 aromatic heterocycles. The average Bonchev–Trinajstić information content (AvgIpc) is 2.40. The highest BCUT2D eigenvalue weighted by molar-refractivity contribution is 5.39. The maximum atomic E-state index is 9.80. The lowest BCUT2D eigenvalue weighted by atomic mass is 10.0. The number of aromatic hydroxyl groups is 1. The van der Waals surface area contributed by atoms with Crippen molar-refractivity contribution in [2.75, 3.05) is 27.2 Å². The topological polar surface area (TPSA) is 44.7 Å². The van der Waals surface area contributed by atoms with Crippen molar-refractivity contribution in [3.05, 3.63) is 23.8 Å². The van der Waals surface area contributed by atoms with Gasteiger partial charge in [-0.2, -0.15) is 0 Å². The minimum atomic E-state index is 0.330. The van der Waals surface area contributed by atoms with Gasteiger partial charge in [-0.15, -0.1) is 0 Å². The van der Waals surface area contributed by atoms with E-state index in [1.807, 2.05) is 6.07 Å². The molecule has 100 valence electrons. The first-order valence-corrected chi connectivity index (χ1v) is 6.47. The van der Waals surface area contributed by atoms with Crippen LogP contribution in [0.1, 0.15) is 18.4 Å². The van der Waals surface area contributed by atoms with Crippen molar-refractivity contribution in [2.24, 2.45) is 0 Å². The van der Waals surface area contributed by atoms with Gasteiger partial charge in [0.1, 0.15) is 11.5 Å². The zero-order valence-electron chi connectivity index (χ0n) is 11.1. The summed E-state index contributed by atoms with van der Waals surface area (Å²) in [5.41, 5.74) is 0.897. The number of nitrogens with zero attached hydrogens (tertiary/aromatic N) is 1. The summed E-state index contributed by atoms with van der Waals surface area (Å²) in [5.74, 6) is 1.12. The monoisotopic (exact) mass is 250 g/mol. The van der Waals surface area contributed by atoms with Crippen molar-refractivity contribution >= 4 is 0 Å². The molecule has 1 aromatic carbocycles. The molecule has 1 aromatic rings. The maximum absolute atomic E-state index is 9.80. The molecule has 1 heterocycles. The highest BCUT2D eigenvalue weighted by Crippen LogP contribution is 2.23. The number of methoxy groups -OCH3 is 1. The summed E-state index contributed by atoms with van der Waals surface area (Å²) < 4.78 is 5.17. The SMILES string of the molecule is COc1ccc(O)c(CNC2CCN(C)CC2)c1. The summed E-state index contributed by atoms with van der Waals surface area (Å²) >= 11 is 0. The molecule has 0 amide bonds. The Morgan fingerprint density at radius 3 is 2.78 bits per heavy atom. The van der Waals surface area contributed by atoms with Crippen LogP contribution in [-0.2, 0) is 6.54 Å². The molecule has 0 bridgehead atoms. The van der Waals surface area contributed by atoms with Crippen molar-refractivity contribution in [1.29, 1.82) is 0 Å². The van der Waals surface area contributed by atoms with E-state index in [0.29, 0.717) is 18.3 Å². The van der Waals surface area contributed by atoms with Gasteiger partial charge in [-0.25, -0.2) is 0 Å². The van der Waals surface area contributed by atoms with E-state index in [4.69, 9.17) is 4.74 Å². The Kier molecular flexibility index (Phi) is 4.44. The number of benzene rings is 1. The van der Waals surface area contributed by atoms with Crippen molar-refractivity contribution in [3.63, 3.8) is 0 Å². The van der Waals surface area contributed by atoms with Gasteiger partial charge in [0.25, 0.3) is 0 Å². The number of phenolic OH excluding ortho intramolecular Hbond substituents is 1. The Bertz CT molecular complexity index is 387. The van der Waals surface area contributed by atoms with E-state index in [0.717, 1.165) is 24.4 Å². The summed E-state index contributed by atoms with van der Waals surface area (Å²) in [7, 11) is 3.80. The quantitative estimate of drug-likeness (QED) is 0.851. The highest BCUT2D eigenvalue weighted by atomic mass is 16.5. The van der Waals surface area contributed by atoms with Crippen LogP contribution in [0.25, 0.3) is 0 Å². The van der Waals surface area contributed by atoms with Gasteiger partial charge in [-0.1, -0.05) is 0 Å². The van der Waals surface area contributed by atoms with Gasteiger partial charge >= 0.3 is 0 Å². The molecular weight excluding hydrogens is 228 g/mol. The van der Waals surface area contributed by atoms with Gasteiger partial charge in [-0.3, -0.25) is 0 Å². The standard InChI is InChI=1S/C14H22N2O2/c1-16-7-5-12(6-8-16)15-10-11-9-13(18-2)3-4-14(11)17/h3-4,9,12,15,17H,5-8,10H2,1-2H3. The fraction of sp³-hybridized carbons (Fsp3) is 0.571. The number of likely N-dealkylation sites (tertiary alicyclic amines) is 1. The predicted molar refractivity (Wildman–Crippen MR) is 72.0 cm³/mol. The molecule has 0 saturated carbocycles. The minimum Gasteiger partial charge on any atom is -0.508 e. The zero-order valence-corrected chi connectivity index (χ0v) is 11.1. The van der Waals surface area contributed by atoms with E-state index in [1.54, 1.807) is 19.2 Å². The Hall–Kier alpha value is -1.26. The number of ether oxygens (including phenoxy) is 1. The van der Waals surface area contributed by atoms with Crippen molar-refractivity contribution in [1.82, 2.24) is 10.2 Å².